The zero-order chi connectivity index (χ0) is 15.7. The smallest absolute Gasteiger partial charge is 0.224 e. The van der Waals surface area contributed by atoms with Crippen molar-refractivity contribution in [1.29, 1.82) is 0 Å². The molecule has 1 amide bonds. The maximum Gasteiger partial charge on any atom is 0.224 e. The van der Waals surface area contributed by atoms with Gasteiger partial charge in [0, 0.05) is 19.5 Å². The van der Waals surface area contributed by atoms with Gasteiger partial charge in [0.2, 0.25) is 5.91 Å². The Labute approximate surface area is 129 Å². The van der Waals surface area contributed by atoms with Crippen LogP contribution >= 0.6 is 0 Å². The van der Waals surface area contributed by atoms with Crippen molar-refractivity contribution in [1.82, 2.24) is 24.8 Å². The van der Waals surface area contributed by atoms with Crippen molar-refractivity contribution < 1.29 is 9.90 Å². The molecule has 22 heavy (non-hydrogen) atoms. The van der Waals surface area contributed by atoms with E-state index in [0.717, 1.165) is 11.0 Å². The number of para-hydroxylation sites is 1. The molecule has 1 aliphatic heterocycles. The van der Waals surface area contributed by atoms with Gasteiger partial charge < -0.3 is 14.9 Å². The van der Waals surface area contributed by atoms with Gasteiger partial charge in [0.25, 0.3) is 0 Å². The fourth-order valence-electron chi connectivity index (χ4n) is 2.92. The number of aromatic nitrogens is 3. The minimum absolute atomic E-state index is 0.0103. The summed E-state index contributed by atoms with van der Waals surface area (Å²) in [6, 6.07) is 7.71. The predicted octanol–water partition coefficient (Wildman–Crippen LogP) is -0.0453. The van der Waals surface area contributed by atoms with Crippen LogP contribution in [-0.2, 0) is 11.3 Å². The van der Waals surface area contributed by atoms with Crippen molar-refractivity contribution in [2.24, 2.45) is 0 Å². The van der Waals surface area contributed by atoms with Crippen LogP contribution in [0.3, 0.4) is 0 Å². The number of aliphatic hydroxyl groups excluding tert-OH is 1. The van der Waals surface area contributed by atoms with Crippen LogP contribution < -0.4 is 0 Å². The summed E-state index contributed by atoms with van der Waals surface area (Å²) in [7, 11) is 3.84. The van der Waals surface area contributed by atoms with Crippen molar-refractivity contribution in [3.05, 3.63) is 24.3 Å². The van der Waals surface area contributed by atoms with Gasteiger partial charge >= 0.3 is 0 Å². The number of likely N-dealkylation sites (N-methyl/N-ethyl adjacent to an activating group) is 1. The van der Waals surface area contributed by atoms with E-state index >= 15 is 0 Å². The van der Waals surface area contributed by atoms with Crippen LogP contribution in [-0.4, -0.2) is 75.1 Å². The number of nitrogens with zero attached hydrogens (tertiary/aromatic N) is 5. The van der Waals surface area contributed by atoms with E-state index in [-0.39, 0.29) is 11.9 Å². The number of β-amino-alcohol motifs (C(OH)–C–C–N with tert-alkyl or cyclic N) is 1. The number of likely N-dealkylation sites (tertiary alicyclic amines) is 1. The Bertz CT molecular complexity index is 669. The number of hydrogen-bond acceptors (Lipinski definition) is 5. The van der Waals surface area contributed by atoms with E-state index in [2.05, 4.69) is 10.3 Å². The van der Waals surface area contributed by atoms with Crippen LogP contribution in [0.2, 0.25) is 0 Å². The molecule has 1 aliphatic rings. The van der Waals surface area contributed by atoms with Crippen molar-refractivity contribution in [3.8, 4) is 0 Å². The molecule has 2 heterocycles. The maximum atomic E-state index is 12.3. The van der Waals surface area contributed by atoms with Gasteiger partial charge in [0.15, 0.2) is 0 Å². The molecule has 1 fully saturated rings. The highest BCUT2D eigenvalue weighted by Gasteiger charge is 2.34. The Morgan fingerprint density at radius 2 is 2.14 bits per heavy atom. The summed E-state index contributed by atoms with van der Waals surface area (Å²) in [5.74, 6) is 0.0444. The minimum atomic E-state index is -0.480. The number of benzene rings is 1. The first-order valence-electron chi connectivity index (χ1n) is 7.47. The standard InChI is InChI=1S/C15H21N5O2/c1-18(2)13-9-19(10-14(13)21)15(22)7-8-20-12-6-4-3-5-11(12)16-17-20/h3-6,13-14,21H,7-10H2,1-2H3/t13-,14-/m1/s1. The molecule has 118 valence electrons. The SMILES string of the molecule is CN(C)[C@@H]1CN(C(=O)CCn2nnc3ccccc32)C[C@H]1O. The third-order valence-corrected chi connectivity index (χ3v) is 4.23. The van der Waals surface area contributed by atoms with Gasteiger partial charge in [-0.2, -0.15) is 0 Å². The Morgan fingerprint density at radius 3 is 2.86 bits per heavy atom. The van der Waals surface area contributed by atoms with Crippen LogP contribution in [0.4, 0.5) is 0 Å². The third kappa shape index (κ3) is 2.82. The van der Waals surface area contributed by atoms with Gasteiger partial charge in [-0.15, -0.1) is 5.10 Å². The first-order chi connectivity index (χ1) is 10.6. The molecule has 1 saturated heterocycles. The van der Waals surface area contributed by atoms with Crippen molar-refractivity contribution in [3.63, 3.8) is 0 Å². The molecule has 1 aromatic heterocycles. The lowest BCUT2D eigenvalue weighted by molar-refractivity contribution is -0.130. The topological polar surface area (TPSA) is 74.5 Å². The number of aliphatic hydroxyl groups is 1. The molecule has 0 spiro atoms. The number of carbonyl (C=O) groups is 1. The summed E-state index contributed by atoms with van der Waals surface area (Å²) in [6.07, 6.45) is -0.119. The first-order valence-corrected chi connectivity index (χ1v) is 7.47. The molecule has 0 bridgehead atoms. The molecule has 0 radical (unpaired) electrons. The summed E-state index contributed by atoms with van der Waals surface area (Å²) < 4.78 is 1.75. The van der Waals surface area contributed by atoms with Gasteiger partial charge in [0.1, 0.15) is 5.52 Å². The lowest BCUT2D eigenvalue weighted by Gasteiger charge is -2.21. The van der Waals surface area contributed by atoms with Crippen LogP contribution in [0, 0.1) is 0 Å². The Hall–Kier alpha value is -1.99. The van der Waals surface area contributed by atoms with Crippen LogP contribution in [0.25, 0.3) is 11.0 Å². The van der Waals surface area contributed by atoms with E-state index in [4.69, 9.17) is 0 Å². The number of aryl methyl sites for hydroxylation is 1. The molecule has 3 rings (SSSR count). The molecule has 1 aromatic carbocycles. The number of hydrogen-bond donors (Lipinski definition) is 1. The normalized spacial score (nSPS) is 21.9. The number of rotatable bonds is 4. The van der Waals surface area contributed by atoms with Gasteiger partial charge in [-0.3, -0.25) is 4.79 Å². The van der Waals surface area contributed by atoms with E-state index in [1.165, 1.54) is 0 Å². The molecule has 0 unspecified atom stereocenters. The van der Waals surface area contributed by atoms with E-state index in [0.29, 0.717) is 26.1 Å². The van der Waals surface area contributed by atoms with Crippen molar-refractivity contribution in [2.45, 2.75) is 25.1 Å². The van der Waals surface area contributed by atoms with Crippen molar-refractivity contribution >= 4 is 16.9 Å². The number of amides is 1. The van der Waals surface area contributed by atoms with Crippen LogP contribution in [0.5, 0.6) is 0 Å². The zero-order valence-electron chi connectivity index (χ0n) is 12.9. The summed E-state index contributed by atoms with van der Waals surface area (Å²) in [6.45, 7) is 1.48. The minimum Gasteiger partial charge on any atom is -0.390 e. The molecular weight excluding hydrogens is 282 g/mol. The van der Waals surface area contributed by atoms with Gasteiger partial charge in [-0.25, -0.2) is 4.68 Å². The van der Waals surface area contributed by atoms with E-state index in [1.54, 1.807) is 9.58 Å². The fraction of sp³-hybridized carbons (Fsp3) is 0.533. The Morgan fingerprint density at radius 1 is 1.36 bits per heavy atom. The monoisotopic (exact) mass is 303 g/mol. The second-order valence-corrected chi connectivity index (χ2v) is 5.95. The Balaban J connectivity index is 1.61. The molecule has 2 atom stereocenters. The third-order valence-electron chi connectivity index (χ3n) is 4.23. The highest BCUT2D eigenvalue weighted by Crippen LogP contribution is 2.16. The molecule has 2 aromatic rings. The summed E-state index contributed by atoms with van der Waals surface area (Å²) in [4.78, 5) is 16.0. The first kappa shape index (κ1) is 14.9. The lowest BCUT2D eigenvalue weighted by Crippen LogP contribution is -2.38. The molecule has 0 saturated carbocycles. The quantitative estimate of drug-likeness (QED) is 0.857. The number of carbonyl (C=O) groups excluding carboxylic acids is 1. The maximum absolute atomic E-state index is 12.3. The molecule has 1 N–H and O–H groups in total. The molecule has 0 aliphatic carbocycles. The highest BCUT2D eigenvalue weighted by molar-refractivity contribution is 5.77. The summed E-state index contributed by atoms with van der Waals surface area (Å²) in [5.41, 5.74) is 1.77. The average molecular weight is 303 g/mol. The number of fused-ring (bicyclic) bond motifs is 1. The second-order valence-electron chi connectivity index (χ2n) is 5.95. The van der Waals surface area contributed by atoms with Gasteiger partial charge in [-0.05, 0) is 26.2 Å². The molecule has 7 heteroatoms. The zero-order valence-corrected chi connectivity index (χ0v) is 12.9. The molecular formula is C15H21N5O2. The van der Waals surface area contributed by atoms with Gasteiger partial charge in [-0.1, -0.05) is 17.3 Å². The van der Waals surface area contributed by atoms with Crippen LogP contribution in [0.15, 0.2) is 24.3 Å². The predicted molar refractivity (Wildman–Crippen MR) is 82.2 cm³/mol. The van der Waals surface area contributed by atoms with E-state index in [1.807, 2.05) is 43.3 Å². The van der Waals surface area contributed by atoms with E-state index in [9.17, 15) is 9.90 Å². The Kier molecular flexibility index (Phi) is 4.08. The molecule has 7 nitrogen and oxygen atoms in total. The second kappa shape index (κ2) is 6.02. The fourth-order valence-corrected chi connectivity index (χ4v) is 2.92. The summed E-state index contributed by atoms with van der Waals surface area (Å²) in [5, 5.41) is 18.2. The average Bonchev–Trinajstić information content (AvgIpc) is 3.08. The largest absolute Gasteiger partial charge is 0.390 e. The van der Waals surface area contributed by atoms with Crippen LogP contribution in [0.1, 0.15) is 6.42 Å². The lowest BCUT2D eigenvalue weighted by atomic mass is 10.2. The van der Waals surface area contributed by atoms with Crippen molar-refractivity contribution in [2.75, 3.05) is 27.2 Å². The van der Waals surface area contributed by atoms with E-state index < -0.39 is 6.10 Å². The highest BCUT2D eigenvalue weighted by atomic mass is 16.3. The summed E-state index contributed by atoms with van der Waals surface area (Å²) >= 11 is 0. The van der Waals surface area contributed by atoms with Gasteiger partial charge in [0.05, 0.1) is 24.2 Å².